The van der Waals surface area contributed by atoms with Crippen LogP contribution in [0.1, 0.15) is 19.8 Å². The summed E-state index contributed by atoms with van der Waals surface area (Å²) in [6.45, 7) is 10.8. The number of hydrazone groups is 1. The van der Waals surface area contributed by atoms with Crippen molar-refractivity contribution in [3.8, 4) is 0 Å². The molecule has 0 spiro atoms. The summed E-state index contributed by atoms with van der Waals surface area (Å²) in [5, 5.41) is 6.59. The Labute approximate surface area is 79.8 Å². The summed E-state index contributed by atoms with van der Waals surface area (Å²) in [6, 6.07) is 0. The second-order valence-corrected chi connectivity index (χ2v) is 2.64. The van der Waals surface area contributed by atoms with E-state index < -0.39 is 0 Å². The van der Waals surface area contributed by atoms with E-state index in [1.165, 1.54) is 12.8 Å². The Bertz CT molecular complexity index is 174. The monoisotopic (exact) mass is 182 g/mol. The van der Waals surface area contributed by atoms with Gasteiger partial charge in [-0.3, -0.25) is 10.4 Å². The summed E-state index contributed by atoms with van der Waals surface area (Å²) in [5.74, 6) is 0. The van der Waals surface area contributed by atoms with E-state index in [1.54, 1.807) is 0 Å². The van der Waals surface area contributed by atoms with Gasteiger partial charge < -0.3 is 5.32 Å². The average Bonchev–Trinajstić information content (AvgIpc) is 2.13. The van der Waals surface area contributed by atoms with Crippen LogP contribution in [0.5, 0.6) is 0 Å². The normalized spacial score (nSPS) is 9.92. The van der Waals surface area contributed by atoms with Crippen LogP contribution in [0.4, 0.5) is 0 Å². The van der Waals surface area contributed by atoms with Gasteiger partial charge in [-0.25, -0.2) is 0 Å². The lowest BCUT2D eigenvalue weighted by Crippen LogP contribution is -2.16. The van der Waals surface area contributed by atoms with Gasteiger partial charge in [0, 0.05) is 19.0 Å². The van der Waals surface area contributed by atoms with Crippen LogP contribution in [-0.4, -0.2) is 26.1 Å². The van der Waals surface area contributed by atoms with Crippen molar-refractivity contribution >= 4 is 13.1 Å². The fourth-order valence-electron chi connectivity index (χ4n) is 0.735. The zero-order valence-electron chi connectivity index (χ0n) is 8.21. The van der Waals surface area contributed by atoms with Gasteiger partial charge in [-0.2, -0.15) is 5.10 Å². The van der Waals surface area contributed by atoms with Crippen molar-refractivity contribution in [1.82, 2.24) is 10.7 Å². The van der Waals surface area contributed by atoms with Crippen molar-refractivity contribution in [3.63, 3.8) is 0 Å². The van der Waals surface area contributed by atoms with E-state index in [0.29, 0.717) is 6.54 Å². The smallest absolute Gasteiger partial charge is 0.103 e. The minimum Gasteiger partial charge on any atom is -0.387 e. The zero-order chi connectivity index (χ0) is 9.94. The van der Waals surface area contributed by atoms with Crippen molar-refractivity contribution in [3.05, 3.63) is 12.3 Å². The molecule has 0 aliphatic carbocycles. The van der Waals surface area contributed by atoms with Gasteiger partial charge in [0.1, 0.15) is 6.34 Å². The molecule has 0 amide bonds. The van der Waals surface area contributed by atoms with Gasteiger partial charge in [-0.1, -0.05) is 19.9 Å². The third-order valence-electron chi connectivity index (χ3n) is 1.43. The van der Waals surface area contributed by atoms with Crippen LogP contribution in [0.15, 0.2) is 22.4 Å². The lowest BCUT2D eigenvalue weighted by atomic mass is 10.3. The van der Waals surface area contributed by atoms with Gasteiger partial charge >= 0.3 is 0 Å². The first-order valence-electron chi connectivity index (χ1n) is 4.42. The molecule has 0 rings (SSSR count). The molecule has 13 heavy (non-hydrogen) atoms. The van der Waals surface area contributed by atoms with Crippen LogP contribution in [0.3, 0.4) is 0 Å². The van der Waals surface area contributed by atoms with Crippen molar-refractivity contribution in [2.24, 2.45) is 10.1 Å². The zero-order valence-corrected chi connectivity index (χ0v) is 8.21. The van der Waals surface area contributed by atoms with Crippen LogP contribution in [0, 0.1) is 0 Å². The summed E-state index contributed by atoms with van der Waals surface area (Å²) in [5.41, 5.74) is 3.45. The Morgan fingerprint density at radius 1 is 1.54 bits per heavy atom. The fourth-order valence-corrected chi connectivity index (χ4v) is 0.735. The third kappa shape index (κ3) is 8.59. The molecule has 0 atom stereocenters. The van der Waals surface area contributed by atoms with E-state index in [9.17, 15) is 0 Å². The Balaban J connectivity index is 3.34. The van der Waals surface area contributed by atoms with Crippen molar-refractivity contribution in [2.75, 3.05) is 13.1 Å². The summed E-state index contributed by atoms with van der Waals surface area (Å²) in [6.07, 6.45) is 3.85. The highest BCUT2D eigenvalue weighted by Gasteiger charge is 1.88. The molecule has 0 aromatic carbocycles. The molecule has 0 aliphatic heterocycles. The van der Waals surface area contributed by atoms with Crippen molar-refractivity contribution in [2.45, 2.75) is 19.8 Å². The first kappa shape index (κ1) is 11.7. The molecule has 0 aromatic heterocycles. The summed E-state index contributed by atoms with van der Waals surface area (Å²) < 4.78 is 0. The van der Waals surface area contributed by atoms with Gasteiger partial charge in [0.15, 0.2) is 0 Å². The van der Waals surface area contributed by atoms with Crippen LogP contribution < -0.4 is 10.7 Å². The highest BCUT2D eigenvalue weighted by Crippen LogP contribution is 1.88. The van der Waals surface area contributed by atoms with Crippen molar-refractivity contribution < 1.29 is 0 Å². The van der Waals surface area contributed by atoms with E-state index in [1.807, 2.05) is 0 Å². The Morgan fingerprint density at radius 2 is 2.31 bits per heavy atom. The van der Waals surface area contributed by atoms with E-state index in [2.05, 4.69) is 41.1 Å². The predicted molar refractivity (Wildman–Crippen MR) is 58.1 cm³/mol. The molecule has 0 saturated heterocycles. The predicted octanol–water partition coefficient (Wildman–Crippen LogP) is 1.12. The standard InChI is InChI=1S/C9H18N4/c1-4-5-6-12-9(2)7-11-8-13-10-3/h8,12H,2-7H2,1H3,(H,11,13). The molecule has 0 aliphatic rings. The van der Waals surface area contributed by atoms with Crippen LogP contribution >= 0.6 is 0 Å². The molecule has 4 nitrogen and oxygen atoms in total. The number of aliphatic imine (C=N–C) groups is 1. The van der Waals surface area contributed by atoms with E-state index in [-0.39, 0.29) is 0 Å². The van der Waals surface area contributed by atoms with E-state index >= 15 is 0 Å². The quantitative estimate of drug-likeness (QED) is 0.256. The molecule has 74 valence electrons. The highest BCUT2D eigenvalue weighted by molar-refractivity contribution is 5.54. The Morgan fingerprint density at radius 3 is 2.92 bits per heavy atom. The fraction of sp³-hybridized carbons (Fsp3) is 0.556. The molecule has 0 heterocycles. The Kier molecular flexibility index (Phi) is 7.88. The highest BCUT2D eigenvalue weighted by atomic mass is 15.3. The molecule has 4 heteroatoms. The topological polar surface area (TPSA) is 48.8 Å². The number of nitrogens with one attached hydrogen (secondary N) is 2. The van der Waals surface area contributed by atoms with Gasteiger partial charge in [0.25, 0.3) is 0 Å². The molecule has 0 bridgehead atoms. The maximum absolute atomic E-state index is 4.01. The molecular formula is C9H18N4. The number of rotatable bonds is 8. The Hall–Kier alpha value is -1.32. The first-order valence-corrected chi connectivity index (χ1v) is 4.42. The average molecular weight is 182 g/mol. The molecule has 0 aromatic rings. The van der Waals surface area contributed by atoms with Crippen LogP contribution in [-0.2, 0) is 0 Å². The number of unbranched alkanes of at least 4 members (excludes halogenated alkanes) is 1. The lowest BCUT2D eigenvalue weighted by Gasteiger charge is -2.05. The van der Waals surface area contributed by atoms with Crippen LogP contribution in [0.2, 0.25) is 0 Å². The molecule has 0 saturated carbocycles. The molecule has 0 fully saturated rings. The minimum atomic E-state index is 0.576. The lowest BCUT2D eigenvalue weighted by molar-refractivity contribution is 0.703. The van der Waals surface area contributed by atoms with Crippen molar-refractivity contribution in [1.29, 1.82) is 0 Å². The van der Waals surface area contributed by atoms with Crippen LogP contribution in [0.25, 0.3) is 0 Å². The van der Waals surface area contributed by atoms with Gasteiger partial charge in [-0.15, -0.1) is 0 Å². The maximum atomic E-state index is 4.01. The number of nitrogens with zero attached hydrogens (tertiary/aromatic N) is 2. The van der Waals surface area contributed by atoms with Gasteiger partial charge in [0.05, 0.1) is 6.54 Å². The molecular weight excluding hydrogens is 164 g/mol. The summed E-state index contributed by atoms with van der Waals surface area (Å²) in [4.78, 5) is 4.01. The molecule has 0 radical (unpaired) electrons. The number of hydrogen-bond donors (Lipinski definition) is 2. The largest absolute Gasteiger partial charge is 0.387 e. The first-order chi connectivity index (χ1) is 6.31. The summed E-state index contributed by atoms with van der Waals surface area (Å²) >= 11 is 0. The molecule has 2 N–H and O–H groups in total. The second kappa shape index (κ2) is 8.77. The van der Waals surface area contributed by atoms with Gasteiger partial charge in [-0.05, 0) is 6.42 Å². The van der Waals surface area contributed by atoms with E-state index in [0.717, 1.165) is 18.7 Å². The second-order valence-electron chi connectivity index (χ2n) is 2.64. The third-order valence-corrected chi connectivity index (χ3v) is 1.43. The molecule has 0 unspecified atom stereocenters. The van der Waals surface area contributed by atoms with Gasteiger partial charge in [0.2, 0.25) is 0 Å². The van der Waals surface area contributed by atoms with E-state index in [4.69, 9.17) is 0 Å². The summed E-state index contributed by atoms with van der Waals surface area (Å²) in [7, 11) is 0. The minimum absolute atomic E-state index is 0.576. The number of hydrogen-bond acceptors (Lipinski definition) is 3. The SMILES string of the molecule is C=NN/C=N\CC(=C)NCCCC. The maximum Gasteiger partial charge on any atom is 0.103 e.